The van der Waals surface area contributed by atoms with Crippen molar-refractivity contribution < 1.29 is 9.84 Å². The fourth-order valence-corrected chi connectivity index (χ4v) is 2.46. The first-order valence-electron chi connectivity index (χ1n) is 4.57. The van der Waals surface area contributed by atoms with E-state index >= 15 is 0 Å². The van der Waals surface area contributed by atoms with Crippen molar-refractivity contribution in [1.29, 1.82) is 0 Å². The van der Waals surface area contributed by atoms with Crippen molar-refractivity contribution in [3.05, 3.63) is 0 Å². The van der Waals surface area contributed by atoms with Crippen LogP contribution in [0.2, 0.25) is 0 Å². The normalized spacial score (nSPS) is 51.5. The van der Waals surface area contributed by atoms with Gasteiger partial charge in [-0.15, -0.1) is 0 Å². The van der Waals surface area contributed by atoms with Crippen LogP contribution >= 0.6 is 0 Å². The second-order valence-corrected chi connectivity index (χ2v) is 4.56. The van der Waals surface area contributed by atoms with Crippen molar-refractivity contribution in [2.75, 3.05) is 6.61 Å². The second-order valence-electron chi connectivity index (χ2n) is 4.56. The Bertz CT molecular complexity index is 198. The van der Waals surface area contributed by atoms with Gasteiger partial charge in [0, 0.05) is 13.0 Å². The quantitative estimate of drug-likeness (QED) is 0.565. The summed E-state index contributed by atoms with van der Waals surface area (Å²) >= 11 is 0. The van der Waals surface area contributed by atoms with Gasteiger partial charge in [-0.25, -0.2) is 0 Å². The van der Waals surface area contributed by atoms with Crippen LogP contribution in [0.4, 0.5) is 0 Å². The summed E-state index contributed by atoms with van der Waals surface area (Å²) in [6, 6.07) is 0. The molecule has 2 heteroatoms. The molecule has 1 heterocycles. The third-order valence-corrected chi connectivity index (χ3v) is 3.64. The largest absolute Gasteiger partial charge is 0.390 e. The summed E-state index contributed by atoms with van der Waals surface area (Å²) in [6.45, 7) is 0.886. The molecule has 2 spiro atoms. The first-order chi connectivity index (χ1) is 5.25. The van der Waals surface area contributed by atoms with E-state index in [2.05, 4.69) is 0 Å². The zero-order chi connectivity index (χ0) is 7.53. The van der Waals surface area contributed by atoms with Crippen LogP contribution in [0, 0.1) is 5.41 Å². The number of hydrogen-bond acceptors (Lipinski definition) is 2. The summed E-state index contributed by atoms with van der Waals surface area (Å²) in [6.07, 6.45) is 5.90. The van der Waals surface area contributed by atoms with E-state index in [1.54, 1.807) is 0 Å². The SMILES string of the molecule is O[C@H]1CC12CC1(CCO2)CC1. The van der Waals surface area contributed by atoms with Crippen molar-refractivity contribution in [3.8, 4) is 0 Å². The van der Waals surface area contributed by atoms with Crippen LogP contribution in [-0.4, -0.2) is 23.4 Å². The maximum atomic E-state index is 9.38. The molecule has 2 atom stereocenters. The van der Waals surface area contributed by atoms with Crippen LogP contribution < -0.4 is 0 Å². The van der Waals surface area contributed by atoms with E-state index in [0.29, 0.717) is 5.41 Å². The van der Waals surface area contributed by atoms with Crippen LogP contribution in [0.1, 0.15) is 32.1 Å². The van der Waals surface area contributed by atoms with Crippen molar-refractivity contribution in [2.24, 2.45) is 5.41 Å². The summed E-state index contributed by atoms with van der Waals surface area (Å²) in [5.74, 6) is 0. The lowest BCUT2D eigenvalue weighted by Gasteiger charge is -2.29. The summed E-state index contributed by atoms with van der Waals surface area (Å²) in [5.41, 5.74) is 0.560. The lowest BCUT2D eigenvalue weighted by atomic mass is 9.91. The van der Waals surface area contributed by atoms with Gasteiger partial charge in [0.1, 0.15) is 0 Å². The molecule has 0 amide bonds. The van der Waals surface area contributed by atoms with Crippen molar-refractivity contribution in [3.63, 3.8) is 0 Å². The van der Waals surface area contributed by atoms with E-state index in [-0.39, 0.29) is 11.7 Å². The molecular formula is C9H14O2. The lowest BCUT2D eigenvalue weighted by molar-refractivity contribution is -0.0592. The Hall–Kier alpha value is -0.0800. The standard InChI is InChI=1S/C9H14O2/c10-7-5-9(7)6-8(1-2-8)3-4-11-9/h7,10H,1-6H2/t7-,9?/m0/s1. The molecule has 0 aromatic rings. The zero-order valence-electron chi connectivity index (χ0n) is 6.68. The van der Waals surface area contributed by atoms with Gasteiger partial charge in [0.25, 0.3) is 0 Å². The highest BCUT2D eigenvalue weighted by Gasteiger charge is 2.63. The van der Waals surface area contributed by atoms with Crippen molar-refractivity contribution in [2.45, 2.75) is 43.8 Å². The molecule has 2 saturated carbocycles. The lowest BCUT2D eigenvalue weighted by Crippen LogP contribution is -2.31. The van der Waals surface area contributed by atoms with Crippen LogP contribution in [0.5, 0.6) is 0 Å². The molecule has 0 aromatic heterocycles. The van der Waals surface area contributed by atoms with E-state index in [4.69, 9.17) is 4.74 Å². The molecule has 3 rings (SSSR count). The molecule has 1 aliphatic heterocycles. The Morgan fingerprint density at radius 1 is 1.27 bits per heavy atom. The maximum Gasteiger partial charge on any atom is 0.0972 e. The molecule has 3 aliphatic rings. The third-order valence-electron chi connectivity index (χ3n) is 3.64. The number of ether oxygens (including phenoxy) is 1. The van der Waals surface area contributed by atoms with Crippen molar-refractivity contribution in [1.82, 2.24) is 0 Å². The zero-order valence-corrected chi connectivity index (χ0v) is 6.68. The van der Waals surface area contributed by atoms with Gasteiger partial charge in [0.15, 0.2) is 0 Å². The van der Waals surface area contributed by atoms with Gasteiger partial charge in [0.2, 0.25) is 0 Å². The molecule has 1 N–H and O–H groups in total. The number of hydrogen-bond donors (Lipinski definition) is 1. The van der Waals surface area contributed by atoms with Crippen LogP contribution in [-0.2, 0) is 4.74 Å². The van der Waals surface area contributed by atoms with Gasteiger partial charge < -0.3 is 9.84 Å². The first kappa shape index (κ1) is 6.44. The molecule has 2 aliphatic carbocycles. The van der Waals surface area contributed by atoms with Gasteiger partial charge in [-0.3, -0.25) is 0 Å². The van der Waals surface area contributed by atoms with E-state index in [1.807, 2.05) is 0 Å². The summed E-state index contributed by atoms with van der Waals surface area (Å²) in [4.78, 5) is 0. The minimum Gasteiger partial charge on any atom is -0.390 e. The molecule has 1 unspecified atom stereocenters. The van der Waals surface area contributed by atoms with E-state index in [0.717, 1.165) is 19.4 Å². The smallest absolute Gasteiger partial charge is 0.0972 e. The highest BCUT2D eigenvalue weighted by molar-refractivity contribution is 5.14. The Morgan fingerprint density at radius 3 is 2.55 bits per heavy atom. The molecule has 0 radical (unpaired) electrons. The second kappa shape index (κ2) is 1.64. The number of rotatable bonds is 0. The summed E-state index contributed by atoms with van der Waals surface area (Å²) in [5, 5.41) is 9.38. The summed E-state index contributed by atoms with van der Waals surface area (Å²) in [7, 11) is 0. The minimum absolute atomic E-state index is 0.0608. The Labute approximate surface area is 66.5 Å². The van der Waals surface area contributed by atoms with Crippen LogP contribution in [0.15, 0.2) is 0 Å². The van der Waals surface area contributed by atoms with Crippen LogP contribution in [0.25, 0.3) is 0 Å². The Balaban J connectivity index is 1.79. The van der Waals surface area contributed by atoms with E-state index in [9.17, 15) is 5.11 Å². The highest BCUT2D eigenvalue weighted by atomic mass is 16.5. The Morgan fingerprint density at radius 2 is 2.00 bits per heavy atom. The van der Waals surface area contributed by atoms with Gasteiger partial charge in [0.05, 0.1) is 11.7 Å². The fraction of sp³-hybridized carbons (Fsp3) is 1.00. The first-order valence-corrected chi connectivity index (χ1v) is 4.57. The Kier molecular flexibility index (Phi) is 0.961. The van der Waals surface area contributed by atoms with Crippen LogP contribution in [0.3, 0.4) is 0 Å². The average molecular weight is 154 g/mol. The number of aliphatic hydroxyl groups excluding tert-OH is 1. The molecule has 1 saturated heterocycles. The molecule has 2 nitrogen and oxygen atoms in total. The van der Waals surface area contributed by atoms with Gasteiger partial charge >= 0.3 is 0 Å². The molecular weight excluding hydrogens is 140 g/mol. The number of aliphatic hydroxyl groups is 1. The predicted molar refractivity (Wildman–Crippen MR) is 40.2 cm³/mol. The molecule has 0 bridgehead atoms. The monoisotopic (exact) mass is 154 g/mol. The van der Waals surface area contributed by atoms with E-state index in [1.165, 1.54) is 19.3 Å². The molecule has 62 valence electrons. The molecule has 11 heavy (non-hydrogen) atoms. The van der Waals surface area contributed by atoms with Gasteiger partial charge in [-0.05, 0) is 31.1 Å². The minimum atomic E-state index is -0.139. The van der Waals surface area contributed by atoms with Gasteiger partial charge in [-0.2, -0.15) is 0 Å². The predicted octanol–water partition coefficient (Wildman–Crippen LogP) is 1.08. The van der Waals surface area contributed by atoms with E-state index < -0.39 is 0 Å². The molecule has 3 fully saturated rings. The third kappa shape index (κ3) is 0.798. The average Bonchev–Trinajstić information content (AvgIpc) is 2.81. The fourth-order valence-electron chi connectivity index (χ4n) is 2.46. The maximum absolute atomic E-state index is 9.38. The highest BCUT2D eigenvalue weighted by Crippen LogP contribution is 2.62. The summed E-state index contributed by atoms with van der Waals surface area (Å²) < 4.78 is 5.61. The molecule has 0 aromatic carbocycles. The van der Waals surface area contributed by atoms with Gasteiger partial charge in [-0.1, -0.05) is 0 Å². The topological polar surface area (TPSA) is 29.5 Å². The van der Waals surface area contributed by atoms with Crippen molar-refractivity contribution >= 4 is 0 Å².